The average Bonchev–Trinajstić information content (AvgIpc) is 2.05. The molecule has 0 saturated heterocycles. The summed E-state index contributed by atoms with van der Waals surface area (Å²) in [4.78, 5) is 0. The highest BCUT2D eigenvalue weighted by Crippen LogP contribution is 1.89. The van der Waals surface area contributed by atoms with E-state index < -0.39 is 21.6 Å². The first-order valence-electron chi connectivity index (χ1n) is 3.81. The summed E-state index contributed by atoms with van der Waals surface area (Å²) in [6.45, 7) is 6.96. The zero-order valence-corrected chi connectivity index (χ0v) is 9.11. The van der Waals surface area contributed by atoms with Crippen LogP contribution in [0.4, 0.5) is 0 Å². The Morgan fingerprint density at radius 1 is 1.00 bits per heavy atom. The summed E-state index contributed by atoms with van der Waals surface area (Å²) in [6.07, 6.45) is 4.89. The van der Waals surface area contributed by atoms with Crippen LogP contribution in [0.25, 0.3) is 0 Å². The van der Waals surface area contributed by atoms with E-state index in [4.69, 9.17) is 0 Å². The van der Waals surface area contributed by atoms with E-state index in [2.05, 4.69) is 13.2 Å². The molecule has 0 aliphatic rings. The van der Waals surface area contributed by atoms with E-state index in [-0.39, 0.29) is 0 Å². The Hall–Kier alpha value is -0.480. The molecule has 0 fully saturated rings. The van der Waals surface area contributed by atoms with E-state index in [0.717, 1.165) is 0 Å². The lowest BCUT2D eigenvalue weighted by molar-refractivity contribution is 0.687. The van der Waals surface area contributed by atoms with Crippen molar-refractivity contribution in [3.05, 3.63) is 36.8 Å². The van der Waals surface area contributed by atoms with Crippen LogP contribution in [0.5, 0.6) is 0 Å². The number of rotatable bonds is 7. The van der Waals surface area contributed by atoms with Gasteiger partial charge in [-0.25, -0.2) is 0 Å². The Kier molecular flexibility index (Phi) is 7.83. The first-order valence-corrected chi connectivity index (χ1v) is 6.68. The molecule has 2 atom stereocenters. The Morgan fingerprint density at radius 2 is 1.62 bits per heavy atom. The highest BCUT2D eigenvalue weighted by atomic mass is 32.2. The fourth-order valence-corrected chi connectivity index (χ4v) is 2.11. The molecule has 0 aromatic heterocycles. The van der Waals surface area contributed by atoms with Crippen molar-refractivity contribution in [3.63, 3.8) is 0 Å². The molecule has 0 aromatic rings. The number of hydrogen-bond donors (Lipinski definition) is 0. The maximum atomic E-state index is 11.1. The van der Waals surface area contributed by atoms with Crippen molar-refractivity contribution in [1.29, 1.82) is 0 Å². The topological polar surface area (TPSA) is 34.1 Å². The summed E-state index contributed by atoms with van der Waals surface area (Å²) < 4.78 is 22.1. The smallest absolute Gasteiger partial charge is 0.0491 e. The molecule has 2 unspecified atom stereocenters. The minimum absolute atomic E-state index is 0.439. The molecule has 0 aromatic carbocycles. The maximum absolute atomic E-state index is 11.1. The van der Waals surface area contributed by atoms with Crippen LogP contribution in [-0.4, -0.2) is 25.7 Å². The normalized spacial score (nSPS) is 15.4. The minimum atomic E-state index is -0.999. The summed E-state index contributed by atoms with van der Waals surface area (Å²) in [6, 6.07) is 0. The molecule has 0 aliphatic heterocycles. The zero-order chi connectivity index (χ0) is 10.1. The Labute approximate surface area is 84.3 Å². The van der Waals surface area contributed by atoms with Gasteiger partial charge in [0.25, 0.3) is 0 Å². The van der Waals surface area contributed by atoms with Gasteiger partial charge in [-0.15, -0.1) is 13.2 Å². The van der Waals surface area contributed by atoms with E-state index in [0.29, 0.717) is 17.3 Å². The fourth-order valence-electron chi connectivity index (χ4n) is 0.625. The van der Waals surface area contributed by atoms with E-state index in [1.54, 1.807) is 23.6 Å². The lowest BCUT2D eigenvalue weighted by atomic mass is 10.7. The summed E-state index contributed by atoms with van der Waals surface area (Å²) in [5, 5.41) is 1.56. The molecule has 0 N–H and O–H groups in total. The summed E-state index contributed by atoms with van der Waals surface area (Å²) in [5.74, 6) is 1.37. The van der Waals surface area contributed by atoms with Gasteiger partial charge in [-0.3, -0.25) is 8.42 Å². The van der Waals surface area contributed by atoms with Crippen LogP contribution in [0.15, 0.2) is 36.8 Å². The molecule has 13 heavy (non-hydrogen) atoms. The van der Waals surface area contributed by atoms with Crippen molar-refractivity contribution in [2.45, 2.75) is 0 Å². The summed E-state index contributed by atoms with van der Waals surface area (Å²) in [7, 11) is -1.90. The summed E-state index contributed by atoms with van der Waals surface area (Å²) in [5.41, 5.74) is 0. The summed E-state index contributed by atoms with van der Waals surface area (Å²) >= 11 is 0. The SMILES string of the molecule is C=CCS(=O)/C=C\CS(=O)CC=C. The molecule has 0 saturated carbocycles. The van der Waals surface area contributed by atoms with Crippen molar-refractivity contribution < 1.29 is 8.42 Å². The third kappa shape index (κ3) is 7.87. The third-order valence-electron chi connectivity index (χ3n) is 1.12. The standard InChI is InChI=1S/C9H14O2S2/c1-3-6-12(10)8-5-9-13(11)7-4-2/h3-5,8H,1-2,6-7,9H2/b8-5-. The van der Waals surface area contributed by atoms with E-state index in [1.165, 1.54) is 0 Å². The average molecular weight is 218 g/mol. The van der Waals surface area contributed by atoms with Crippen LogP contribution >= 0.6 is 0 Å². The molecule has 0 aliphatic carbocycles. The molecule has 0 spiro atoms. The van der Waals surface area contributed by atoms with Crippen molar-refractivity contribution in [1.82, 2.24) is 0 Å². The van der Waals surface area contributed by atoms with Gasteiger partial charge in [0, 0.05) is 38.9 Å². The van der Waals surface area contributed by atoms with Gasteiger partial charge in [0.2, 0.25) is 0 Å². The number of hydrogen-bond acceptors (Lipinski definition) is 2. The third-order valence-corrected chi connectivity index (χ3v) is 3.35. The quantitative estimate of drug-likeness (QED) is 0.605. The molecule has 0 amide bonds. The minimum Gasteiger partial charge on any atom is -0.259 e. The highest BCUT2D eigenvalue weighted by molar-refractivity contribution is 7.88. The van der Waals surface area contributed by atoms with Gasteiger partial charge >= 0.3 is 0 Å². The van der Waals surface area contributed by atoms with Crippen molar-refractivity contribution in [3.8, 4) is 0 Å². The second-order valence-electron chi connectivity index (χ2n) is 2.27. The van der Waals surface area contributed by atoms with Gasteiger partial charge in [0.05, 0.1) is 0 Å². The van der Waals surface area contributed by atoms with Crippen LogP contribution < -0.4 is 0 Å². The van der Waals surface area contributed by atoms with Gasteiger partial charge in [0.15, 0.2) is 0 Å². The molecule has 0 heterocycles. The Bertz CT molecular complexity index is 244. The Balaban J connectivity index is 3.73. The highest BCUT2D eigenvalue weighted by Gasteiger charge is 1.92. The first-order chi connectivity index (χ1) is 6.20. The second kappa shape index (κ2) is 8.13. The molecular formula is C9H14O2S2. The van der Waals surface area contributed by atoms with Crippen molar-refractivity contribution in [2.75, 3.05) is 17.3 Å². The molecule has 0 rings (SSSR count). The van der Waals surface area contributed by atoms with Crippen LogP contribution in [0.2, 0.25) is 0 Å². The van der Waals surface area contributed by atoms with Gasteiger partial charge in [-0.05, 0) is 5.41 Å². The van der Waals surface area contributed by atoms with Crippen LogP contribution in [-0.2, 0) is 21.6 Å². The Morgan fingerprint density at radius 3 is 2.15 bits per heavy atom. The lowest BCUT2D eigenvalue weighted by Crippen LogP contribution is -1.97. The van der Waals surface area contributed by atoms with E-state index in [9.17, 15) is 8.42 Å². The predicted molar refractivity (Wildman–Crippen MR) is 60.4 cm³/mol. The van der Waals surface area contributed by atoms with Gasteiger partial charge in [-0.2, -0.15) is 0 Å². The molecule has 0 radical (unpaired) electrons. The monoisotopic (exact) mass is 218 g/mol. The molecule has 4 heteroatoms. The first kappa shape index (κ1) is 12.5. The predicted octanol–water partition coefficient (Wildman–Crippen LogP) is 1.37. The molecule has 74 valence electrons. The van der Waals surface area contributed by atoms with E-state index >= 15 is 0 Å². The lowest BCUT2D eigenvalue weighted by Gasteiger charge is -1.91. The molecule has 2 nitrogen and oxygen atoms in total. The zero-order valence-electron chi connectivity index (χ0n) is 7.48. The van der Waals surface area contributed by atoms with E-state index in [1.807, 2.05) is 0 Å². The molecule has 0 bridgehead atoms. The molecular weight excluding hydrogens is 204 g/mol. The van der Waals surface area contributed by atoms with Gasteiger partial charge < -0.3 is 0 Å². The fraction of sp³-hybridized carbons (Fsp3) is 0.333. The van der Waals surface area contributed by atoms with Crippen molar-refractivity contribution in [2.24, 2.45) is 0 Å². The van der Waals surface area contributed by atoms with Crippen molar-refractivity contribution >= 4 is 21.6 Å². The van der Waals surface area contributed by atoms with Crippen LogP contribution in [0.3, 0.4) is 0 Å². The van der Waals surface area contributed by atoms with Gasteiger partial charge in [-0.1, -0.05) is 18.2 Å². The van der Waals surface area contributed by atoms with Crippen LogP contribution in [0.1, 0.15) is 0 Å². The van der Waals surface area contributed by atoms with Gasteiger partial charge in [0.1, 0.15) is 0 Å². The largest absolute Gasteiger partial charge is 0.259 e. The maximum Gasteiger partial charge on any atom is 0.0491 e. The second-order valence-corrected chi connectivity index (χ2v) is 5.18. The van der Waals surface area contributed by atoms with Crippen LogP contribution in [0, 0.1) is 0 Å².